The van der Waals surface area contributed by atoms with Crippen LogP contribution >= 0.6 is 0 Å². The van der Waals surface area contributed by atoms with Crippen molar-refractivity contribution >= 4 is 5.91 Å². The van der Waals surface area contributed by atoms with Gasteiger partial charge in [0.2, 0.25) is 0 Å². The van der Waals surface area contributed by atoms with Crippen molar-refractivity contribution in [3.63, 3.8) is 0 Å². The number of aromatic hydroxyl groups is 1. The minimum atomic E-state index is -0.430. The van der Waals surface area contributed by atoms with Gasteiger partial charge in [-0.3, -0.25) is 9.78 Å². The van der Waals surface area contributed by atoms with Crippen LogP contribution in [0.2, 0.25) is 0 Å². The van der Waals surface area contributed by atoms with Gasteiger partial charge < -0.3 is 10.4 Å². The van der Waals surface area contributed by atoms with Gasteiger partial charge in [-0.1, -0.05) is 0 Å². The molecule has 0 atom stereocenters. The van der Waals surface area contributed by atoms with Crippen LogP contribution in [0.1, 0.15) is 10.5 Å². The van der Waals surface area contributed by atoms with Gasteiger partial charge in [-0.25, -0.2) is 4.68 Å². The van der Waals surface area contributed by atoms with Gasteiger partial charge in [-0.2, -0.15) is 5.10 Å². The van der Waals surface area contributed by atoms with Gasteiger partial charge in [0.05, 0.1) is 18.1 Å². The summed E-state index contributed by atoms with van der Waals surface area (Å²) in [5.74, 6) is -0.594. The number of carbonyl (C=O) groups excluding carboxylic acids is 1. The van der Waals surface area contributed by atoms with Gasteiger partial charge in [-0.15, -0.1) is 0 Å². The first kappa shape index (κ1) is 10.2. The van der Waals surface area contributed by atoms with E-state index in [0.29, 0.717) is 5.69 Å². The Morgan fingerprint density at radius 1 is 1.56 bits per heavy atom. The summed E-state index contributed by atoms with van der Waals surface area (Å²) >= 11 is 0. The van der Waals surface area contributed by atoms with E-state index in [1.165, 1.54) is 17.9 Å². The standard InChI is InChI=1S/C10H10N4O2/c1-11-10(16)9-8(15)6-14(13-9)7-3-2-4-12-5-7/h2-6,15H,1H3,(H,11,16). The molecule has 0 radical (unpaired) electrons. The normalized spacial score (nSPS) is 10.1. The number of nitrogens with one attached hydrogen (secondary N) is 1. The van der Waals surface area contributed by atoms with Crippen molar-refractivity contribution in [3.05, 3.63) is 36.4 Å². The summed E-state index contributed by atoms with van der Waals surface area (Å²) < 4.78 is 1.40. The molecule has 2 N–H and O–H groups in total. The fraction of sp³-hybridized carbons (Fsp3) is 0.100. The molecule has 2 heterocycles. The lowest BCUT2D eigenvalue weighted by Crippen LogP contribution is -2.18. The summed E-state index contributed by atoms with van der Waals surface area (Å²) in [5, 5.41) is 15.9. The van der Waals surface area contributed by atoms with Crippen molar-refractivity contribution in [1.29, 1.82) is 0 Å². The van der Waals surface area contributed by atoms with Gasteiger partial charge >= 0.3 is 0 Å². The van der Waals surface area contributed by atoms with Gasteiger partial charge in [0, 0.05) is 13.2 Å². The monoisotopic (exact) mass is 218 g/mol. The molecule has 0 unspecified atom stereocenters. The van der Waals surface area contributed by atoms with Crippen LogP contribution in [0.25, 0.3) is 5.69 Å². The molecule has 0 saturated carbocycles. The third-order valence-corrected chi connectivity index (χ3v) is 2.05. The molecule has 0 aromatic carbocycles. The number of rotatable bonds is 2. The van der Waals surface area contributed by atoms with Crippen molar-refractivity contribution in [2.45, 2.75) is 0 Å². The van der Waals surface area contributed by atoms with Gasteiger partial charge in [0.15, 0.2) is 11.4 Å². The van der Waals surface area contributed by atoms with Crippen LogP contribution in [0, 0.1) is 0 Å². The first-order valence-electron chi connectivity index (χ1n) is 4.63. The van der Waals surface area contributed by atoms with Crippen LogP contribution in [0.15, 0.2) is 30.7 Å². The summed E-state index contributed by atoms with van der Waals surface area (Å²) in [5.41, 5.74) is 0.666. The number of pyridine rings is 1. The summed E-state index contributed by atoms with van der Waals surface area (Å²) in [6.07, 6.45) is 4.58. The zero-order valence-electron chi connectivity index (χ0n) is 8.58. The summed E-state index contributed by atoms with van der Waals surface area (Å²) in [6.45, 7) is 0. The molecule has 82 valence electrons. The van der Waals surface area contributed by atoms with Crippen LogP contribution in [-0.2, 0) is 0 Å². The SMILES string of the molecule is CNC(=O)c1nn(-c2cccnc2)cc1O. The highest BCUT2D eigenvalue weighted by Crippen LogP contribution is 2.17. The maximum absolute atomic E-state index is 11.3. The topological polar surface area (TPSA) is 80.0 Å². The highest BCUT2D eigenvalue weighted by Gasteiger charge is 2.15. The molecule has 0 aliphatic heterocycles. The molecule has 0 spiro atoms. The second kappa shape index (κ2) is 4.01. The number of hydrogen-bond donors (Lipinski definition) is 2. The van der Waals surface area contributed by atoms with E-state index in [-0.39, 0.29) is 11.4 Å². The van der Waals surface area contributed by atoms with Crippen molar-refractivity contribution < 1.29 is 9.90 Å². The van der Waals surface area contributed by atoms with E-state index in [1.807, 2.05) is 0 Å². The van der Waals surface area contributed by atoms with Crippen molar-refractivity contribution in [2.75, 3.05) is 7.05 Å². The van der Waals surface area contributed by atoms with Crippen molar-refractivity contribution in [1.82, 2.24) is 20.1 Å². The van der Waals surface area contributed by atoms with Gasteiger partial charge in [0.1, 0.15) is 0 Å². The Hall–Kier alpha value is -2.37. The summed E-state index contributed by atoms with van der Waals surface area (Å²) in [6, 6.07) is 3.51. The third-order valence-electron chi connectivity index (χ3n) is 2.05. The molecule has 0 aliphatic carbocycles. The lowest BCUT2D eigenvalue weighted by Gasteiger charge is -1.98. The van der Waals surface area contributed by atoms with E-state index in [0.717, 1.165) is 0 Å². The zero-order valence-corrected chi connectivity index (χ0v) is 8.58. The van der Waals surface area contributed by atoms with Crippen molar-refractivity contribution in [2.24, 2.45) is 0 Å². The molecule has 0 bridgehead atoms. The molecule has 2 aromatic heterocycles. The zero-order chi connectivity index (χ0) is 11.5. The lowest BCUT2D eigenvalue weighted by atomic mass is 10.4. The fourth-order valence-electron chi connectivity index (χ4n) is 1.27. The number of amides is 1. The molecular weight excluding hydrogens is 208 g/mol. The summed E-state index contributed by atoms with van der Waals surface area (Å²) in [7, 11) is 1.48. The molecule has 16 heavy (non-hydrogen) atoms. The molecule has 0 aliphatic rings. The lowest BCUT2D eigenvalue weighted by molar-refractivity contribution is 0.0955. The Labute approximate surface area is 91.6 Å². The quantitative estimate of drug-likeness (QED) is 0.761. The molecule has 0 saturated heterocycles. The van der Waals surface area contributed by atoms with Crippen LogP contribution in [0.4, 0.5) is 0 Å². The van der Waals surface area contributed by atoms with E-state index in [4.69, 9.17) is 0 Å². The van der Waals surface area contributed by atoms with E-state index in [2.05, 4.69) is 15.4 Å². The van der Waals surface area contributed by atoms with Gasteiger partial charge in [0.25, 0.3) is 5.91 Å². The van der Waals surface area contributed by atoms with Crippen LogP contribution in [0.3, 0.4) is 0 Å². The molecule has 6 nitrogen and oxygen atoms in total. The maximum Gasteiger partial charge on any atom is 0.275 e. The first-order valence-corrected chi connectivity index (χ1v) is 4.63. The molecule has 6 heteroatoms. The Morgan fingerprint density at radius 3 is 3.00 bits per heavy atom. The average Bonchev–Trinajstić information content (AvgIpc) is 2.71. The average molecular weight is 218 g/mol. The number of nitrogens with zero attached hydrogens (tertiary/aromatic N) is 3. The number of hydrogen-bond acceptors (Lipinski definition) is 4. The minimum Gasteiger partial charge on any atom is -0.504 e. The number of carbonyl (C=O) groups is 1. The van der Waals surface area contributed by atoms with Crippen LogP contribution in [0.5, 0.6) is 5.75 Å². The van der Waals surface area contributed by atoms with Crippen molar-refractivity contribution in [3.8, 4) is 11.4 Å². The van der Waals surface area contributed by atoms with E-state index in [9.17, 15) is 9.90 Å². The van der Waals surface area contributed by atoms with Crippen LogP contribution < -0.4 is 5.32 Å². The highest BCUT2D eigenvalue weighted by atomic mass is 16.3. The Morgan fingerprint density at radius 2 is 2.38 bits per heavy atom. The minimum absolute atomic E-state index is 0.00801. The first-order chi connectivity index (χ1) is 7.72. The smallest absolute Gasteiger partial charge is 0.275 e. The third kappa shape index (κ3) is 1.72. The predicted molar refractivity (Wildman–Crippen MR) is 56.4 cm³/mol. The molecule has 0 fully saturated rings. The Balaban J connectivity index is 2.42. The van der Waals surface area contributed by atoms with Gasteiger partial charge in [-0.05, 0) is 12.1 Å². The van der Waals surface area contributed by atoms with E-state index >= 15 is 0 Å². The maximum atomic E-state index is 11.3. The highest BCUT2D eigenvalue weighted by molar-refractivity contribution is 5.94. The molecular formula is C10H10N4O2. The molecule has 2 aromatic rings. The second-order valence-electron chi connectivity index (χ2n) is 3.10. The largest absolute Gasteiger partial charge is 0.504 e. The fourth-order valence-corrected chi connectivity index (χ4v) is 1.27. The van der Waals surface area contributed by atoms with E-state index in [1.54, 1.807) is 24.5 Å². The number of aromatic nitrogens is 3. The molecule has 1 amide bonds. The van der Waals surface area contributed by atoms with E-state index < -0.39 is 5.91 Å². The predicted octanol–water partition coefficient (Wildman–Crippen LogP) is 0.332. The summed E-state index contributed by atoms with van der Waals surface area (Å²) in [4.78, 5) is 15.2. The molecule has 2 rings (SSSR count). The second-order valence-corrected chi connectivity index (χ2v) is 3.10. The van der Waals surface area contributed by atoms with Crippen LogP contribution in [-0.4, -0.2) is 32.8 Å². The Kier molecular flexibility index (Phi) is 2.55. The Bertz CT molecular complexity index is 507.